The summed E-state index contributed by atoms with van der Waals surface area (Å²) in [7, 11) is -3.87. The standard InChI is InChI=1S/C14H24N4O4S/c1-8-13(10(3)22-17-8)23(20,21)18-9(2)14(19)16-12-6-4-5-11(12)7-15/h9,11-12,18H,4-7,15H2,1-3H3,(H,16,19). The molecule has 4 N–H and O–H groups in total. The van der Waals surface area contributed by atoms with Gasteiger partial charge in [-0.15, -0.1) is 0 Å². The fraction of sp³-hybridized carbons (Fsp3) is 0.714. The number of rotatable bonds is 6. The molecule has 1 aromatic rings. The molecule has 130 valence electrons. The zero-order valence-electron chi connectivity index (χ0n) is 13.6. The molecule has 8 nitrogen and oxygen atoms in total. The van der Waals surface area contributed by atoms with Crippen LogP contribution in [0.2, 0.25) is 0 Å². The van der Waals surface area contributed by atoms with E-state index in [4.69, 9.17) is 10.3 Å². The number of amides is 1. The monoisotopic (exact) mass is 344 g/mol. The van der Waals surface area contributed by atoms with Crippen LogP contribution in [0, 0.1) is 19.8 Å². The first kappa shape index (κ1) is 17.9. The SMILES string of the molecule is Cc1noc(C)c1S(=O)(=O)NC(C)C(=O)NC1CCCC1CN. The number of nitrogens with one attached hydrogen (secondary N) is 2. The number of nitrogens with two attached hydrogens (primary N) is 1. The third-order valence-corrected chi connectivity index (χ3v) is 6.04. The van der Waals surface area contributed by atoms with Gasteiger partial charge in [-0.2, -0.15) is 4.72 Å². The molecule has 23 heavy (non-hydrogen) atoms. The van der Waals surface area contributed by atoms with Crippen molar-refractivity contribution in [1.29, 1.82) is 0 Å². The van der Waals surface area contributed by atoms with Crippen molar-refractivity contribution in [1.82, 2.24) is 15.2 Å². The Morgan fingerprint density at radius 3 is 2.70 bits per heavy atom. The summed E-state index contributed by atoms with van der Waals surface area (Å²) in [5.74, 6) is 0.0950. The lowest BCUT2D eigenvalue weighted by Crippen LogP contribution is -2.49. The van der Waals surface area contributed by atoms with Gasteiger partial charge in [0.15, 0.2) is 5.76 Å². The molecule has 1 amide bonds. The number of nitrogens with zero attached hydrogens (tertiary/aromatic N) is 1. The molecular weight excluding hydrogens is 320 g/mol. The summed E-state index contributed by atoms with van der Waals surface area (Å²) in [6.45, 7) is 5.09. The summed E-state index contributed by atoms with van der Waals surface area (Å²) in [5, 5.41) is 6.52. The Labute approximate surface area is 136 Å². The minimum absolute atomic E-state index is 0.0125. The number of sulfonamides is 1. The van der Waals surface area contributed by atoms with Crippen LogP contribution in [0.5, 0.6) is 0 Å². The van der Waals surface area contributed by atoms with Crippen molar-refractivity contribution in [3.05, 3.63) is 11.5 Å². The van der Waals surface area contributed by atoms with Crippen LogP contribution in [-0.2, 0) is 14.8 Å². The zero-order valence-corrected chi connectivity index (χ0v) is 14.4. The molecule has 3 atom stereocenters. The molecule has 0 spiro atoms. The minimum atomic E-state index is -3.87. The van der Waals surface area contributed by atoms with E-state index >= 15 is 0 Å². The second-order valence-electron chi connectivity index (χ2n) is 6.04. The second kappa shape index (κ2) is 6.98. The summed E-state index contributed by atoms with van der Waals surface area (Å²) in [5.41, 5.74) is 5.96. The molecule has 1 aromatic heterocycles. The summed E-state index contributed by atoms with van der Waals surface area (Å²) in [4.78, 5) is 12.2. The highest BCUT2D eigenvalue weighted by molar-refractivity contribution is 7.89. The zero-order chi connectivity index (χ0) is 17.2. The van der Waals surface area contributed by atoms with Crippen LogP contribution in [0.4, 0.5) is 0 Å². The Hall–Kier alpha value is -1.45. The smallest absolute Gasteiger partial charge is 0.246 e. The van der Waals surface area contributed by atoms with Crippen molar-refractivity contribution < 1.29 is 17.7 Å². The highest BCUT2D eigenvalue weighted by Crippen LogP contribution is 2.24. The molecule has 9 heteroatoms. The van der Waals surface area contributed by atoms with Gasteiger partial charge >= 0.3 is 0 Å². The van der Waals surface area contributed by atoms with Crippen molar-refractivity contribution in [3.8, 4) is 0 Å². The fourth-order valence-corrected chi connectivity index (χ4v) is 4.55. The first-order valence-electron chi connectivity index (χ1n) is 7.72. The number of hydrogen-bond donors (Lipinski definition) is 3. The van der Waals surface area contributed by atoms with Gasteiger partial charge in [0.05, 0.1) is 6.04 Å². The first-order chi connectivity index (χ1) is 10.8. The molecule has 0 radical (unpaired) electrons. The third-order valence-electron chi connectivity index (χ3n) is 4.25. The van der Waals surface area contributed by atoms with Gasteiger partial charge in [0.25, 0.3) is 0 Å². The molecule has 1 aliphatic rings. The summed E-state index contributed by atoms with van der Waals surface area (Å²) >= 11 is 0. The quantitative estimate of drug-likeness (QED) is 0.676. The Bertz CT molecular complexity index is 651. The lowest BCUT2D eigenvalue weighted by Gasteiger charge is -2.22. The molecule has 2 rings (SSSR count). The fourth-order valence-electron chi connectivity index (χ4n) is 3.02. The molecule has 0 aliphatic heterocycles. The van der Waals surface area contributed by atoms with E-state index in [2.05, 4.69) is 15.2 Å². The van der Waals surface area contributed by atoms with Gasteiger partial charge in [-0.05, 0) is 46.1 Å². The number of carbonyl (C=O) groups is 1. The summed E-state index contributed by atoms with van der Waals surface area (Å²) in [6.07, 6.45) is 2.88. The van der Waals surface area contributed by atoms with Gasteiger partial charge in [-0.25, -0.2) is 8.42 Å². The van der Waals surface area contributed by atoms with E-state index in [0.29, 0.717) is 6.54 Å². The molecule has 1 saturated carbocycles. The van der Waals surface area contributed by atoms with Gasteiger partial charge in [0.2, 0.25) is 15.9 Å². The Morgan fingerprint density at radius 1 is 1.43 bits per heavy atom. The lowest BCUT2D eigenvalue weighted by molar-refractivity contribution is -0.123. The average Bonchev–Trinajstić information content (AvgIpc) is 3.04. The van der Waals surface area contributed by atoms with Crippen LogP contribution < -0.4 is 15.8 Å². The van der Waals surface area contributed by atoms with Crippen LogP contribution >= 0.6 is 0 Å². The van der Waals surface area contributed by atoms with Crippen molar-refractivity contribution in [2.75, 3.05) is 6.54 Å². The maximum atomic E-state index is 12.4. The average molecular weight is 344 g/mol. The normalized spacial score (nSPS) is 23.0. The predicted molar refractivity (Wildman–Crippen MR) is 84.1 cm³/mol. The van der Waals surface area contributed by atoms with Crippen molar-refractivity contribution in [3.63, 3.8) is 0 Å². The van der Waals surface area contributed by atoms with Crippen LogP contribution in [0.1, 0.15) is 37.6 Å². The molecule has 1 fully saturated rings. The minimum Gasteiger partial charge on any atom is -0.360 e. The van der Waals surface area contributed by atoms with Gasteiger partial charge < -0.3 is 15.6 Å². The number of hydrogen-bond acceptors (Lipinski definition) is 6. The van der Waals surface area contributed by atoms with E-state index < -0.39 is 16.1 Å². The van der Waals surface area contributed by atoms with Crippen LogP contribution in [0.25, 0.3) is 0 Å². The van der Waals surface area contributed by atoms with E-state index in [9.17, 15) is 13.2 Å². The molecule has 1 heterocycles. The van der Waals surface area contributed by atoms with E-state index in [0.717, 1.165) is 19.3 Å². The van der Waals surface area contributed by atoms with Crippen LogP contribution in [0.15, 0.2) is 9.42 Å². The molecule has 0 aromatic carbocycles. The lowest BCUT2D eigenvalue weighted by atomic mass is 10.0. The second-order valence-corrected chi connectivity index (χ2v) is 7.69. The van der Waals surface area contributed by atoms with E-state index in [-0.39, 0.29) is 34.2 Å². The number of aryl methyl sites for hydroxylation is 2. The molecular formula is C14H24N4O4S. The summed E-state index contributed by atoms with van der Waals surface area (Å²) < 4.78 is 32.0. The molecule has 1 aliphatic carbocycles. The highest BCUT2D eigenvalue weighted by atomic mass is 32.2. The Kier molecular flexibility index (Phi) is 5.43. The molecule has 0 saturated heterocycles. The first-order valence-corrected chi connectivity index (χ1v) is 9.20. The number of carbonyl (C=O) groups excluding carboxylic acids is 1. The van der Waals surface area contributed by atoms with E-state index in [1.165, 1.54) is 13.8 Å². The van der Waals surface area contributed by atoms with Crippen molar-refractivity contribution >= 4 is 15.9 Å². The Morgan fingerprint density at radius 2 is 2.13 bits per heavy atom. The van der Waals surface area contributed by atoms with Crippen LogP contribution in [-0.4, -0.2) is 38.1 Å². The topological polar surface area (TPSA) is 127 Å². The number of aromatic nitrogens is 1. The highest BCUT2D eigenvalue weighted by Gasteiger charge is 2.31. The maximum Gasteiger partial charge on any atom is 0.246 e. The Balaban J connectivity index is 2.03. The van der Waals surface area contributed by atoms with Crippen molar-refractivity contribution in [2.24, 2.45) is 11.7 Å². The van der Waals surface area contributed by atoms with Gasteiger partial charge in [-0.3, -0.25) is 4.79 Å². The maximum absolute atomic E-state index is 12.4. The molecule has 0 bridgehead atoms. The van der Waals surface area contributed by atoms with Gasteiger partial charge in [0.1, 0.15) is 10.6 Å². The predicted octanol–water partition coefficient (Wildman–Crippen LogP) is 0.202. The van der Waals surface area contributed by atoms with Crippen molar-refractivity contribution in [2.45, 2.75) is 57.0 Å². The van der Waals surface area contributed by atoms with Gasteiger partial charge in [0, 0.05) is 6.04 Å². The van der Waals surface area contributed by atoms with E-state index in [1.807, 2.05) is 0 Å². The van der Waals surface area contributed by atoms with Crippen LogP contribution in [0.3, 0.4) is 0 Å². The molecule has 3 unspecified atom stereocenters. The third kappa shape index (κ3) is 3.91. The summed E-state index contributed by atoms with van der Waals surface area (Å²) in [6, 6.07) is -0.883. The van der Waals surface area contributed by atoms with E-state index in [1.54, 1.807) is 6.92 Å². The largest absolute Gasteiger partial charge is 0.360 e. The van der Waals surface area contributed by atoms with Gasteiger partial charge in [-0.1, -0.05) is 11.6 Å².